The zero-order valence-electron chi connectivity index (χ0n) is 18.2. The van der Waals surface area contributed by atoms with Crippen LogP contribution in [0.2, 0.25) is 5.02 Å². The summed E-state index contributed by atoms with van der Waals surface area (Å²) in [5.41, 5.74) is 6.35. The van der Waals surface area contributed by atoms with Crippen molar-refractivity contribution in [3.05, 3.63) is 76.2 Å². The monoisotopic (exact) mass is 460 g/mol. The van der Waals surface area contributed by atoms with Gasteiger partial charge in [-0.15, -0.1) is 0 Å². The van der Waals surface area contributed by atoms with Gasteiger partial charge in [-0.3, -0.25) is 4.79 Å². The van der Waals surface area contributed by atoms with E-state index in [4.69, 9.17) is 21.1 Å². The van der Waals surface area contributed by atoms with Crippen LogP contribution >= 0.6 is 11.6 Å². The number of amides is 1. The summed E-state index contributed by atoms with van der Waals surface area (Å²) in [6, 6.07) is 11.5. The van der Waals surface area contributed by atoms with Crippen LogP contribution in [0.4, 0.5) is 0 Å². The van der Waals surface area contributed by atoms with Gasteiger partial charge < -0.3 is 14.4 Å². The van der Waals surface area contributed by atoms with E-state index in [-0.39, 0.29) is 11.9 Å². The van der Waals surface area contributed by atoms with E-state index < -0.39 is 0 Å². The van der Waals surface area contributed by atoms with E-state index in [2.05, 4.69) is 10.1 Å². The summed E-state index contributed by atoms with van der Waals surface area (Å²) >= 11 is 6.05. The first-order valence-corrected chi connectivity index (χ1v) is 11.1. The third-order valence-corrected chi connectivity index (χ3v) is 6.91. The minimum absolute atomic E-state index is 0.0142. The number of benzene rings is 2. The molecule has 0 bridgehead atoms. The Bertz CT molecular complexity index is 1410. The molecule has 1 amide bonds. The summed E-state index contributed by atoms with van der Waals surface area (Å²) < 4.78 is 12.8. The number of carbonyl (C=O) groups excluding carboxylic acids is 1. The second kappa shape index (κ2) is 7.49. The fraction of sp³-hybridized carbons (Fsp3) is 0.240. The summed E-state index contributed by atoms with van der Waals surface area (Å²) in [5, 5.41) is 5.30. The number of hydrogen-bond acceptors (Lipinski definition) is 5. The standard InChI is InChI=1S/C25H21ClN4O3/c1-32-22-9-15-7-8-29-20(17(15)10-23(22)33-2)11-21-19(25(29)31)12-27-24-18(13-28-30(21)24)14-3-5-16(26)6-4-14/h3-6,9-10,12-13,20H,7-8,11H2,1-2H3/t20-/m1/s1. The Hall–Kier alpha value is -3.58. The number of aromatic nitrogens is 3. The van der Waals surface area contributed by atoms with Gasteiger partial charge >= 0.3 is 0 Å². The average Bonchev–Trinajstić information content (AvgIpc) is 3.28. The largest absolute Gasteiger partial charge is 0.493 e. The molecule has 4 aromatic rings. The van der Waals surface area contributed by atoms with Gasteiger partial charge in [-0.25, -0.2) is 9.50 Å². The lowest BCUT2D eigenvalue weighted by Gasteiger charge is -2.41. The predicted octanol–water partition coefficient (Wildman–Crippen LogP) is 4.36. The van der Waals surface area contributed by atoms with Gasteiger partial charge in [0.25, 0.3) is 5.91 Å². The highest BCUT2D eigenvalue weighted by atomic mass is 35.5. The van der Waals surface area contributed by atoms with E-state index in [1.54, 1.807) is 26.6 Å². The second-order valence-electron chi connectivity index (χ2n) is 8.29. The normalized spacial score (nSPS) is 16.9. The molecular formula is C25H21ClN4O3. The van der Waals surface area contributed by atoms with Crippen LogP contribution in [0.5, 0.6) is 11.5 Å². The van der Waals surface area contributed by atoms with Crippen molar-refractivity contribution < 1.29 is 14.3 Å². The average molecular weight is 461 g/mol. The second-order valence-corrected chi connectivity index (χ2v) is 8.73. The molecule has 0 unspecified atom stereocenters. The van der Waals surface area contributed by atoms with Gasteiger partial charge in [-0.2, -0.15) is 5.10 Å². The molecule has 2 aliphatic heterocycles. The van der Waals surface area contributed by atoms with Crippen molar-refractivity contribution in [2.45, 2.75) is 18.9 Å². The van der Waals surface area contributed by atoms with E-state index in [0.29, 0.717) is 35.1 Å². The molecule has 1 atom stereocenters. The molecule has 8 heteroatoms. The van der Waals surface area contributed by atoms with Crippen LogP contribution in [-0.4, -0.2) is 46.2 Å². The minimum Gasteiger partial charge on any atom is -0.493 e. The number of halogens is 1. The highest BCUT2D eigenvalue weighted by Crippen LogP contribution is 2.42. The van der Waals surface area contributed by atoms with Gasteiger partial charge in [-0.1, -0.05) is 23.7 Å². The van der Waals surface area contributed by atoms with Gasteiger partial charge in [0.05, 0.1) is 37.7 Å². The van der Waals surface area contributed by atoms with Gasteiger partial charge in [0.2, 0.25) is 0 Å². The van der Waals surface area contributed by atoms with Crippen LogP contribution in [0.15, 0.2) is 48.8 Å². The third kappa shape index (κ3) is 2.99. The van der Waals surface area contributed by atoms with Crippen molar-refractivity contribution >= 4 is 23.2 Å². The maximum atomic E-state index is 13.5. The molecule has 0 aliphatic carbocycles. The lowest BCUT2D eigenvalue weighted by Crippen LogP contribution is -2.45. The van der Waals surface area contributed by atoms with Crippen LogP contribution in [0, 0.1) is 0 Å². The van der Waals surface area contributed by atoms with Crippen LogP contribution in [-0.2, 0) is 12.8 Å². The summed E-state index contributed by atoms with van der Waals surface area (Å²) in [6.45, 7) is 0.651. The van der Waals surface area contributed by atoms with Crippen LogP contribution < -0.4 is 9.47 Å². The Morgan fingerprint density at radius 3 is 2.55 bits per heavy atom. The Kier molecular flexibility index (Phi) is 4.55. The molecule has 7 nitrogen and oxygen atoms in total. The lowest BCUT2D eigenvalue weighted by molar-refractivity contribution is 0.0626. The summed E-state index contributed by atoms with van der Waals surface area (Å²) in [6.07, 6.45) is 4.90. The van der Waals surface area contributed by atoms with Crippen molar-refractivity contribution in [1.82, 2.24) is 19.5 Å². The van der Waals surface area contributed by atoms with Crippen LogP contribution in [0.3, 0.4) is 0 Å². The topological polar surface area (TPSA) is 69.0 Å². The van der Waals surface area contributed by atoms with Crippen molar-refractivity contribution in [3.63, 3.8) is 0 Å². The van der Waals surface area contributed by atoms with Crippen molar-refractivity contribution in [2.24, 2.45) is 0 Å². The quantitative estimate of drug-likeness (QED) is 0.454. The maximum Gasteiger partial charge on any atom is 0.257 e. The fourth-order valence-electron chi connectivity index (χ4n) is 5.02. The fourth-order valence-corrected chi connectivity index (χ4v) is 5.14. The Labute approximate surface area is 195 Å². The molecule has 0 saturated heterocycles. The zero-order valence-corrected chi connectivity index (χ0v) is 19.0. The molecule has 6 rings (SSSR count). The molecule has 0 saturated carbocycles. The van der Waals surface area contributed by atoms with Crippen LogP contribution in [0.25, 0.3) is 16.8 Å². The predicted molar refractivity (Wildman–Crippen MR) is 124 cm³/mol. The molecule has 0 N–H and O–H groups in total. The maximum absolute atomic E-state index is 13.5. The smallest absolute Gasteiger partial charge is 0.257 e. The highest BCUT2D eigenvalue weighted by Gasteiger charge is 2.39. The van der Waals surface area contributed by atoms with E-state index in [1.165, 1.54) is 5.56 Å². The van der Waals surface area contributed by atoms with Crippen molar-refractivity contribution in [2.75, 3.05) is 20.8 Å². The number of methoxy groups -OCH3 is 2. The molecule has 166 valence electrons. The van der Waals surface area contributed by atoms with E-state index in [0.717, 1.165) is 34.5 Å². The Morgan fingerprint density at radius 2 is 1.79 bits per heavy atom. The lowest BCUT2D eigenvalue weighted by atomic mass is 9.85. The summed E-state index contributed by atoms with van der Waals surface area (Å²) in [7, 11) is 3.27. The number of ether oxygens (including phenoxy) is 2. The SMILES string of the molecule is COc1cc2c(cc1OC)[C@H]1Cc3c(cnc4c(-c5ccc(Cl)cc5)cnn34)C(=O)N1CC2. The molecule has 33 heavy (non-hydrogen) atoms. The van der Waals surface area contributed by atoms with Crippen LogP contribution in [0.1, 0.15) is 33.2 Å². The molecular weight excluding hydrogens is 440 g/mol. The third-order valence-electron chi connectivity index (χ3n) is 6.66. The molecule has 0 spiro atoms. The zero-order chi connectivity index (χ0) is 22.7. The van der Waals surface area contributed by atoms with Crippen molar-refractivity contribution in [3.8, 4) is 22.6 Å². The first-order valence-electron chi connectivity index (χ1n) is 10.8. The Morgan fingerprint density at radius 1 is 1.03 bits per heavy atom. The van der Waals surface area contributed by atoms with Gasteiger partial charge in [-0.05, 0) is 47.4 Å². The first kappa shape index (κ1) is 20.1. The summed E-state index contributed by atoms with van der Waals surface area (Å²) in [4.78, 5) is 20.0. The van der Waals surface area contributed by atoms with Gasteiger partial charge in [0, 0.05) is 29.7 Å². The first-order chi connectivity index (χ1) is 16.1. The number of carbonyl (C=O) groups is 1. The number of rotatable bonds is 3. The highest BCUT2D eigenvalue weighted by molar-refractivity contribution is 6.30. The molecule has 0 fully saturated rings. The Balaban J connectivity index is 1.48. The summed E-state index contributed by atoms with van der Waals surface area (Å²) in [5.74, 6) is 1.36. The van der Waals surface area contributed by atoms with E-state index >= 15 is 0 Å². The van der Waals surface area contributed by atoms with E-state index in [9.17, 15) is 4.79 Å². The van der Waals surface area contributed by atoms with Crippen molar-refractivity contribution in [1.29, 1.82) is 0 Å². The number of hydrogen-bond donors (Lipinski definition) is 0. The van der Waals surface area contributed by atoms with Gasteiger partial charge in [0.1, 0.15) is 0 Å². The molecule has 2 aromatic heterocycles. The molecule has 2 aliphatic rings. The molecule has 4 heterocycles. The van der Waals surface area contributed by atoms with Gasteiger partial charge in [0.15, 0.2) is 17.1 Å². The molecule has 0 radical (unpaired) electrons. The molecule has 2 aromatic carbocycles. The minimum atomic E-state index is -0.0951. The van der Waals surface area contributed by atoms with E-state index in [1.807, 2.05) is 45.8 Å². The number of fused-ring (bicyclic) bond motifs is 6. The number of nitrogens with zero attached hydrogens (tertiary/aromatic N) is 4.